The largest absolute Gasteiger partial charge is 0.462 e. The summed E-state index contributed by atoms with van der Waals surface area (Å²) in [6, 6.07) is 3.99. The summed E-state index contributed by atoms with van der Waals surface area (Å²) in [5.41, 5.74) is -1.34. The molecular weight excluding hydrogens is 367 g/mol. The molecule has 126 valence electrons. The minimum absolute atomic E-state index is 0.0535. The van der Waals surface area contributed by atoms with Gasteiger partial charge >= 0.3 is 12.1 Å². The van der Waals surface area contributed by atoms with Gasteiger partial charge in [-0.05, 0) is 25.1 Å². The van der Waals surface area contributed by atoms with Crippen LogP contribution < -0.4 is 0 Å². The Kier molecular flexibility index (Phi) is 4.22. The molecule has 0 spiro atoms. The van der Waals surface area contributed by atoms with Crippen LogP contribution in [0, 0.1) is 0 Å². The first-order valence-electron chi connectivity index (χ1n) is 6.70. The first-order chi connectivity index (χ1) is 11.3. The van der Waals surface area contributed by atoms with E-state index < -0.39 is 17.8 Å². The molecule has 3 aromatic rings. The number of hydrogen-bond donors (Lipinski definition) is 0. The summed E-state index contributed by atoms with van der Waals surface area (Å²) < 4.78 is 45.9. The normalized spacial score (nSPS) is 11.9. The summed E-state index contributed by atoms with van der Waals surface area (Å²) >= 11 is 6.92. The van der Waals surface area contributed by atoms with E-state index in [0.29, 0.717) is 13.7 Å². The number of rotatable bonds is 3. The van der Waals surface area contributed by atoms with Crippen molar-refractivity contribution in [2.24, 2.45) is 0 Å². The third-order valence-corrected chi connectivity index (χ3v) is 4.34. The Bertz CT molecular complexity index is 920. The molecule has 0 saturated heterocycles. The predicted molar refractivity (Wildman–Crippen MR) is 82.3 cm³/mol. The van der Waals surface area contributed by atoms with Gasteiger partial charge in [0.25, 0.3) is 0 Å². The number of carbonyl (C=O) groups is 1. The number of halogens is 4. The van der Waals surface area contributed by atoms with Crippen molar-refractivity contribution in [3.63, 3.8) is 0 Å². The lowest BCUT2D eigenvalue weighted by atomic mass is 10.2. The number of esters is 1. The molecule has 0 amide bonds. The predicted octanol–water partition coefficient (Wildman–Crippen LogP) is 4.31. The zero-order valence-corrected chi connectivity index (χ0v) is 13.7. The van der Waals surface area contributed by atoms with Crippen LogP contribution in [0.4, 0.5) is 13.2 Å². The van der Waals surface area contributed by atoms with Gasteiger partial charge in [-0.15, -0.1) is 11.3 Å². The van der Waals surface area contributed by atoms with Gasteiger partial charge < -0.3 is 4.74 Å². The van der Waals surface area contributed by atoms with E-state index >= 15 is 0 Å². The molecular formula is C14H9ClF3N3O2S. The number of carbonyl (C=O) groups excluding carboxylic acids is 1. The summed E-state index contributed by atoms with van der Waals surface area (Å²) in [5.74, 6) is -0.783. The summed E-state index contributed by atoms with van der Waals surface area (Å²) in [4.78, 5) is 16.5. The average Bonchev–Trinajstić information content (AvgIpc) is 3.11. The Labute approximate surface area is 142 Å². The van der Waals surface area contributed by atoms with Gasteiger partial charge in [0, 0.05) is 0 Å². The zero-order chi connectivity index (χ0) is 17.5. The van der Waals surface area contributed by atoms with E-state index in [9.17, 15) is 18.0 Å². The molecule has 0 aliphatic carbocycles. The lowest BCUT2D eigenvalue weighted by Gasteiger charge is -2.10. The molecule has 0 fully saturated rings. The second-order valence-corrected chi connectivity index (χ2v) is 6.36. The molecule has 0 aliphatic rings. The smallest absolute Gasteiger partial charge is 0.433 e. The van der Waals surface area contributed by atoms with Gasteiger partial charge in [0.1, 0.15) is 5.56 Å². The maximum absolute atomic E-state index is 13.3. The molecule has 0 aromatic carbocycles. The minimum atomic E-state index is -4.67. The van der Waals surface area contributed by atoms with Gasteiger partial charge in [-0.3, -0.25) is 0 Å². The summed E-state index contributed by atoms with van der Waals surface area (Å²) in [7, 11) is 0. The van der Waals surface area contributed by atoms with Crippen molar-refractivity contribution in [2.75, 3.05) is 6.61 Å². The van der Waals surface area contributed by atoms with Crippen LogP contribution in [-0.2, 0) is 10.9 Å². The van der Waals surface area contributed by atoms with E-state index in [1.807, 2.05) is 0 Å². The van der Waals surface area contributed by atoms with E-state index in [-0.39, 0.29) is 23.5 Å². The fourth-order valence-electron chi connectivity index (χ4n) is 2.10. The van der Waals surface area contributed by atoms with Crippen molar-refractivity contribution < 1.29 is 22.7 Å². The average molecular weight is 376 g/mol. The lowest BCUT2D eigenvalue weighted by molar-refractivity contribution is -0.142. The molecule has 0 radical (unpaired) electrons. The lowest BCUT2D eigenvalue weighted by Crippen LogP contribution is -2.14. The molecule has 0 N–H and O–H groups in total. The maximum Gasteiger partial charge on any atom is 0.433 e. The Morgan fingerprint density at radius 1 is 1.42 bits per heavy atom. The molecule has 10 heteroatoms. The highest BCUT2D eigenvalue weighted by molar-refractivity contribution is 7.19. The van der Waals surface area contributed by atoms with Crippen molar-refractivity contribution in [1.29, 1.82) is 0 Å². The monoisotopic (exact) mass is 375 g/mol. The number of aromatic nitrogens is 3. The molecule has 0 bridgehead atoms. The molecule has 3 aromatic heterocycles. The van der Waals surface area contributed by atoms with Crippen molar-refractivity contribution in [3.8, 4) is 10.6 Å². The fourth-order valence-corrected chi connectivity index (χ4v) is 3.10. The van der Waals surface area contributed by atoms with Gasteiger partial charge in [-0.2, -0.15) is 18.3 Å². The Morgan fingerprint density at radius 3 is 2.75 bits per heavy atom. The highest BCUT2D eigenvalue weighted by Gasteiger charge is 2.36. The third kappa shape index (κ3) is 2.96. The number of alkyl halides is 3. The van der Waals surface area contributed by atoms with Gasteiger partial charge in [0.15, 0.2) is 11.3 Å². The summed E-state index contributed by atoms with van der Waals surface area (Å²) in [5, 5.41) is 3.64. The first kappa shape index (κ1) is 16.7. The second kappa shape index (κ2) is 6.06. The van der Waals surface area contributed by atoms with Crippen molar-refractivity contribution in [1.82, 2.24) is 14.6 Å². The van der Waals surface area contributed by atoms with Crippen LogP contribution in [0.5, 0.6) is 0 Å². The molecule has 3 heterocycles. The summed E-state index contributed by atoms with van der Waals surface area (Å²) in [6.45, 7) is 1.68. The molecule has 3 rings (SSSR count). The van der Waals surface area contributed by atoms with Crippen molar-refractivity contribution >= 4 is 34.6 Å². The fraction of sp³-hybridized carbons (Fsp3) is 0.214. The number of nitrogens with zero attached hydrogens (tertiary/aromatic N) is 3. The van der Waals surface area contributed by atoms with Crippen LogP contribution in [0.2, 0.25) is 4.34 Å². The number of fused-ring (bicyclic) bond motifs is 1. The van der Waals surface area contributed by atoms with E-state index in [1.54, 1.807) is 19.1 Å². The highest BCUT2D eigenvalue weighted by atomic mass is 35.5. The third-order valence-electron chi connectivity index (χ3n) is 3.08. The number of thiophene rings is 1. The van der Waals surface area contributed by atoms with E-state index in [1.165, 1.54) is 0 Å². The van der Waals surface area contributed by atoms with Gasteiger partial charge in [0.05, 0.1) is 27.7 Å². The molecule has 0 atom stereocenters. The summed E-state index contributed by atoms with van der Waals surface area (Å²) in [6.07, 6.45) is -3.66. The number of ether oxygens (including phenoxy) is 1. The Hall–Kier alpha value is -2.13. The highest BCUT2D eigenvalue weighted by Crippen LogP contribution is 2.35. The molecule has 0 aliphatic heterocycles. The van der Waals surface area contributed by atoms with E-state index in [4.69, 9.17) is 16.3 Å². The Balaban J connectivity index is 2.27. The minimum Gasteiger partial charge on any atom is -0.462 e. The molecule has 0 unspecified atom stereocenters. The van der Waals surface area contributed by atoms with Crippen LogP contribution in [-0.4, -0.2) is 27.2 Å². The van der Waals surface area contributed by atoms with Crippen LogP contribution in [0.15, 0.2) is 24.4 Å². The first-order valence-corrected chi connectivity index (χ1v) is 7.89. The van der Waals surface area contributed by atoms with Crippen LogP contribution in [0.3, 0.4) is 0 Å². The standard InChI is InChI=1S/C14H9ClF3N3O2S/c1-2-23-13(22)7-6-19-21-10(14(16,17)18)5-8(20-12(7)21)9-3-4-11(15)24-9/h3-6H,2H2,1H3. The molecule has 24 heavy (non-hydrogen) atoms. The van der Waals surface area contributed by atoms with E-state index in [2.05, 4.69) is 10.1 Å². The van der Waals surface area contributed by atoms with Crippen molar-refractivity contribution in [2.45, 2.75) is 13.1 Å². The van der Waals surface area contributed by atoms with Gasteiger partial charge in [-0.1, -0.05) is 11.6 Å². The topological polar surface area (TPSA) is 56.5 Å². The van der Waals surface area contributed by atoms with Gasteiger partial charge in [0.2, 0.25) is 0 Å². The Morgan fingerprint density at radius 2 is 2.17 bits per heavy atom. The zero-order valence-electron chi connectivity index (χ0n) is 12.1. The maximum atomic E-state index is 13.3. The van der Waals surface area contributed by atoms with Crippen LogP contribution in [0.25, 0.3) is 16.2 Å². The van der Waals surface area contributed by atoms with Crippen molar-refractivity contribution in [3.05, 3.63) is 40.0 Å². The molecule has 5 nitrogen and oxygen atoms in total. The van der Waals surface area contributed by atoms with E-state index in [0.717, 1.165) is 23.6 Å². The molecule has 0 saturated carbocycles. The van der Waals surface area contributed by atoms with Gasteiger partial charge in [-0.25, -0.2) is 14.3 Å². The van der Waals surface area contributed by atoms with Crippen LogP contribution >= 0.6 is 22.9 Å². The van der Waals surface area contributed by atoms with Crippen LogP contribution in [0.1, 0.15) is 23.0 Å². The quantitative estimate of drug-likeness (QED) is 0.640. The SMILES string of the molecule is CCOC(=O)c1cnn2c(C(F)(F)F)cc(-c3ccc(Cl)s3)nc12. The second-order valence-electron chi connectivity index (χ2n) is 4.64. The number of hydrogen-bond acceptors (Lipinski definition) is 5.